The first-order valence-electron chi connectivity index (χ1n) is 5.49. The summed E-state index contributed by atoms with van der Waals surface area (Å²) in [5.74, 6) is 0.618. The first-order chi connectivity index (χ1) is 7.29. The molecule has 0 unspecified atom stereocenters. The van der Waals surface area contributed by atoms with Crippen molar-refractivity contribution in [3.63, 3.8) is 0 Å². The van der Waals surface area contributed by atoms with Gasteiger partial charge in [0.15, 0.2) is 0 Å². The number of pyridine rings is 1. The minimum absolute atomic E-state index is 0.618. The predicted octanol–water partition coefficient (Wildman–Crippen LogP) is 1.96. The van der Waals surface area contributed by atoms with Crippen molar-refractivity contribution in [3.8, 4) is 0 Å². The molecule has 4 heteroatoms. The second kappa shape index (κ2) is 6.11. The van der Waals surface area contributed by atoms with Gasteiger partial charge in [0.05, 0.1) is 12.7 Å². The monoisotopic (exact) mass is 209 g/mol. The molecule has 0 bridgehead atoms. The molecule has 4 nitrogen and oxygen atoms in total. The van der Waals surface area contributed by atoms with Crippen LogP contribution in [0.5, 0.6) is 0 Å². The number of aromatic nitrogens is 1. The molecule has 1 rings (SSSR count). The Hall–Kier alpha value is -1.45. The van der Waals surface area contributed by atoms with Gasteiger partial charge in [-0.2, -0.15) is 0 Å². The standard InChI is InChI=1S/C11H19N3O/c1-3-7-12-10-6-5-9-14(15)11(10)13-8-4-2/h5-6,9,12-13H,3-4,7-8H2,1-2H3. The minimum atomic E-state index is 0.618. The third-order valence-corrected chi connectivity index (χ3v) is 2.07. The van der Waals surface area contributed by atoms with Gasteiger partial charge in [0.25, 0.3) is 0 Å². The summed E-state index contributed by atoms with van der Waals surface area (Å²) in [6.07, 6.45) is 3.55. The van der Waals surface area contributed by atoms with Gasteiger partial charge < -0.3 is 10.5 Å². The lowest BCUT2D eigenvalue weighted by molar-refractivity contribution is -0.589. The van der Waals surface area contributed by atoms with E-state index in [-0.39, 0.29) is 0 Å². The van der Waals surface area contributed by atoms with Crippen LogP contribution in [0.1, 0.15) is 26.7 Å². The maximum absolute atomic E-state index is 11.5. The van der Waals surface area contributed by atoms with Crippen LogP contribution in [0.15, 0.2) is 18.3 Å². The Labute approximate surface area is 90.9 Å². The van der Waals surface area contributed by atoms with E-state index in [1.165, 1.54) is 6.20 Å². The molecule has 0 saturated heterocycles. The van der Waals surface area contributed by atoms with Gasteiger partial charge in [-0.05, 0) is 25.0 Å². The molecule has 2 N–H and O–H groups in total. The molecule has 0 amide bonds. The Bertz CT molecular complexity index is 302. The highest BCUT2D eigenvalue weighted by Gasteiger charge is 2.09. The largest absolute Gasteiger partial charge is 0.711 e. The van der Waals surface area contributed by atoms with E-state index in [2.05, 4.69) is 24.5 Å². The number of hydrogen-bond acceptors (Lipinski definition) is 3. The van der Waals surface area contributed by atoms with Crippen molar-refractivity contribution >= 4 is 11.5 Å². The van der Waals surface area contributed by atoms with Gasteiger partial charge in [-0.1, -0.05) is 13.8 Å². The summed E-state index contributed by atoms with van der Waals surface area (Å²) < 4.78 is 0.869. The van der Waals surface area contributed by atoms with Gasteiger partial charge in [-0.15, -0.1) is 0 Å². The fourth-order valence-corrected chi connectivity index (χ4v) is 1.31. The summed E-state index contributed by atoms with van der Waals surface area (Å²) in [7, 11) is 0. The predicted molar refractivity (Wildman–Crippen MR) is 63.0 cm³/mol. The van der Waals surface area contributed by atoms with Crippen molar-refractivity contribution in [2.24, 2.45) is 0 Å². The topological polar surface area (TPSA) is 51.0 Å². The molecule has 0 aromatic carbocycles. The zero-order valence-electron chi connectivity index (χ0n) is 9.42. The number of nitrogens with one attached hydrogen (secondary N) is 2. The van der Waals surface area contributed by atoms with Gasteiger partial charge in [0.1, 0.15) is 5.69 Å². The molecule has 84 valence electrons. The summed E-state index contributed by atoms with van der Waals surface area (Å²) in [5, 5.41) is 17.9. The average molecular weight is 209 g/mol. The van der Waals surface area contributed by atoms with Crippen molar-refractivity contribution in [2.75, 3.05) is 23.7 Å². The molecular weight excluding hydrogens is 190 g/mol. The first kappa shape index (κ1) is 11.6. The van der Waals surface area contributed by atoms with Gasteiger partial charge in [0, 0.05) is 6.54 Å². The van der Waals surface area contributed by atoms with E-state index in [1.807, 2.05) is 6.07 Å². The van der Waals surface area contributed by atoms with Crippen molar-refractivity contribution in [1.29, 1.82) is 0 Å². The molecule has 0 aliphatic heterocycles. The molecule has 0 aliphatic rings. The van der Waals surface area contributed by atoms with Crippen LogP contribution in [0.3, 0.4) is 0 Å². The Balaban J connectivity index is 2.77. The molecule has 0 fully saturated rings. The molecule has 0 radical (unpaired) electrons. The molecular formula is C11H19N3O. The molecule has 1 aromatic rings. The Morgan fingerprint density at radius 1 is 1.20 bits per heavy atom. The van der Waals surface area contributed by atoms with E-state index >= 15 is 0 Å². The number of hydrogen-bond donors (Lipinski definition) is 2. The normalized spacial score (nSPS) is 10.0. The summed E-state index contributed by atoms with van der Waals surface area (Å²) >= 11 is 0. The lowest BCUT2D eigenvalue weighted by Gasteiger charge is -2.13. The zero-order valence-corrected chi connectivity index (χ0v) is 9.42. The summed E-state index contributed by atoms with van der Waals surface area (Å²) in [5.41, 5.74) is 0.878. The van der Waals surface area contributed by atoms with E-state index in [0.29, 0.717) is 5.82 Å². The fourth-order valence-electron chi connectivity index (χ4n) is 1.31. The molecule has 0 aliphatic carbocycles. The SMILES string of the molecule is CCCNc1ccc[n+]([O-])c1NCCC. The summed E-state index contributed by atoms with van der Waals surface area (Å²) in [6, 6.07) is 3.67. The van der Waals surface area contributed by atoms with Crippen LogP contribution in [0.2, 0.25) is 0 Å². The van der Waals surface area contributed by atoms with Crippen LogP contribution in [0.25, 0.3) is 0 Å². The van der Waals surface area contributed by atoms with Gasteiger partial charge >= 0.3 is 5.82 Å². The molecule has 0 saturated carbocycles. The van der Waals surface area contributed by atoms with Crippen LogP contribution in [0, 0.1) is 5.21 Å². The van der Waals surface area contributed by atoms with Crippen LogP contribution >= 0.6 is 0 Å². The smallest absolute Gasteiger partial charge is 0.301 e. The Morgan fingerprint density at radius 2 is 1.87 bits per heavy atom. The van der Waals surface area contributed by atoms with Crippen molar-refractivity contribution < 1.29 is 4.73 Å². The Morgan fingerprint density at radius 3 is 2.53 bits per heavy atom. The highest BCUT2D eigenvalue weighted by Crippen LogP contribution is 2.15. The minimum Gasteiger partial charge on any atom is -0.711 e. The van der Waals surface area contributed by atoms with E-state index in [4.69, 9.17) is 0 Å². The van der Waals surface area contributed by atoms with Gasteiger partial charge in [-0.3, -0.25) is 5.32 Å². The van der Waals surface area contributed by atoms with E-state index in [9.17, 15) is 5.21 Å². The third kappa shape index (κ3) is 3.31. The lowest BCUT2D eigenvalue weighted by Crippen LogP contribution is -2.31. The maximum atomic E-state index is 11.5. The molecule has 15 heavy (non-hydrogen) atoms. The van der Waals surface area contributed by atoms with Crippen molar-refractivity contribution in [3.05, 3.63) is 23.5 Å². The highest BCUT2D eigenvalue weighted by molar-refractivity contribution is 5.60. The van der Waals surface area contributed by atoms with Crippen LogP contribution < -0.4 is 15.4 Å². The van der Waals surface area contributed by atoms with Crippen LogP contribution in [0.4, 0.5) is 11.5 Å². The van der Waals surface area contributed by atoms with E-state index < -0.39 is 0 Å². The molecule has 0 atom stereocenters. The second-order valence-corrected chi connectivity index (χ2v) is 3.45. The summed E-state index contributed by atoms with van der Waals surface area (Å²) in [6.45, 7) is 5.86. The maximum Gasteiger partial charge on any atom is 0.301 e. The molecule has 1 aromatic heterocycles. The number of nitrogens with zero attached hydrogens (tertiary/aromatic N) is 1. The molecule has 0 spiro atoms. The highest BCUT2D eigenvalue weighted by atomic mass is 16.5. The molecule has 1 heterocycles. The van der Waals surface area contributed by atoms with E-state index in [1.54, 1.807) is 6.07 Å². The lowest BCUT2D eigenvalue weighted by atomic mass is 10.3. The Kier molecular flexibility index (Phi) is 4.74. The average Bonchev–Trinajstić information content (AvgIpc) is 2.25. The number of rotatable bonds is 6. The quantitative estimate of drug-likeness (QED) is 0.556. The zero-order chi connectivity index (χ0) is 11.1. The first-order valence-corrected chi connectivity index (χ1v) is 5.49. The van der Waals surface area contributed by atoms with Gasteiger partial charge in [0.2, 0.25) is 0 Å². The summed E-state index contributed by atoms with van der Waals surface area (Å²) in [4.78, 5) is 0. The van der Waals surface area contributed by atoms with Gasteiger partial charge in [-0.25, -0.2) is 4.73 Å². The van der Waals surface area contributed by atoms with Crippen LogP contribution in [-0.2, 0) is 0 Å². The second-order valence-electron chi connectivity index (χ2n) is 3.45. The fraction of sp³-hybridized carbons (Fsp3) is 0.545. The van der Waals surface area contributed by atoms with Crippen molar-refractivity contribution in [1.82, 2.24) is 0 Å². The number of anilines is 2. The van der Waals surface area contributed by atoms with Crippen LogP contribution in [-0.4, -0.2) is 13.1 Å². The van der Waals surface area contributed by atoms with E-state index in [0.717, 1.165) is 36.3 Å². The third-order valence-electron chi connectivity index (χ3n) is 2.07. The van der Waals surface area contributed by atoms with Crippen molar-refractivity contribution in [2.45, 2.75) is 26.7 Å².